The zero-order valence-electron chi connectivity index (χ0n) is 15.1. The predicted octanol–water partition coefficient (Wildman–Crippen LogP) is 3.99. The third-order valence-electron chi connectivity index (χ3n) is 5.33. The molecule has 6 nitrogen and oxygen atoms in total. The van der Waals surface area contributed by atoms with Crippen LogP contribution in [0.3, 0.4) is 0 Å². The van der Waals surface area contributed by atoms with Gasteiger partial charge in [-0.25, -0.2) is 0 Å². The molecular weight excluding hydrogens is 340 g/mol. The Morgan fingerprint density at radius 2 is 2.07 bits per heavy atom. The number of carbonyl (C=O) groups is 1. The molecule has 6 heteroatoms. The molecule has 1 atom stereocenters. The number of fused-ring (bicyclic) bond motifs is 1. The minimum Gasteiger partial charge on any atom is -0.339 e. The van der Waals surface area contributed by atoms with Gasteiger partial charge in [0.2, 0.25) is 17.6 Å². The first-order chi connectivity index (χ1) is 13.2. The fourth-order valence-electron chi connectivity index (χ4n) is 3.73. The minimum absolute atomic E-state index is 0.0303. The van der Waals surface area contributed by atoms with Gasteiger partial charge in [-0.05, 0) is 61.9 Å². The molecule has 2 aliphatic carbocycles. The summed E-state index contributed by atoms with van der Waals surface area (Å²) in [6.07, 6.45) is 5.68. The van der Waals surface area contributed by atoms with Crippen molar-refractivity contribution in [2.24, 2.45) is 0 Å². The maximum absolute atomic E-state index is 12.8. The van der Waals surface area contributed by atoms with E-state index in [9.17, 15) is 4.79 Å². The number of hydrogen-bond acceptors (Lipinski definition) is 5. The van der Waals surface area contributed by atoms with E-state index in [-0.39, 0.29) is 11.8 Å². The number of hydrogen-bond donors (Lipinski definition) is 1. The lowest BCUT2D eigenvalue weighted by Gasteiger charge is -2.13. The van der Waals surface area contributed by atoms with Gasteiger partial charge in [-0.2, -0.15) is 4.98 Å². The number of aromatic nitrogens is 3. The summed E-state index contributed by atoms with van der Waals surface area (Å²) in [5, 5.41) is 7.14. The van der Waals surface area contributed by atoms with Crippen molar-refractivity contribution in [2.45, 2.75) is 44.4 Å². The molecule has 1 N–H and O–H groups in total. The number of pyridine rings is 1. The molecule has 3 aromatic rings. The zero-order chi connectivity index (χ0) is 18.4. The first-order valence-electron chi connectivity index (χ1n) is 9.38. The van der Waals surface area contributed by atoms with Gasteiger partial charge in [0, 0.05) is 29.1 Å². The van der Waals surface area contributed by atoms with E-state index in [0.29, 0.717) is 11.7 Å². The van der Waals surface area contributed by atoms with Crippen LogP contribution in [0.5, 0.6) is 0 Å². The highest BCUT2D eigenvalue weighted by molar-refractivity contribution is 5.96. The third-order valence-corrected chi connectivity index (χ3v) is 5.33. The highest BCUT2D eigenvalue weighted by Gasteiger charge is 2.31. The number of aryl methyl sites for hydroxylation is 2. The Hall–Kier alpha value is -3.02. The number of amides is 1. The van der Waals surface area contributed by atoms with Gasteiger partial charge in [-0.3, -0.25) is 9.78 Å². The Kier molecular flexibility index (Phi) is 3.77. The van der Waals surface area contributed by atoms with Crippen LogP contribution in [0, 0.1) is 6.92 Å². The van der Waals surface area contributed by atoms with E-state index in [1.54, 1.807) is 6.20 Å². The van der Waals surface area contributed by atoms with Gasteiger partial charge in [0.25, 0.3) is 0 Å². The Balaban J connectivity index is 1.36. The molecule has 1 saturated carbocycles. The Morgan fingerprint density at radius 1 is 1.19 bits per heavy atom. The summed E-state index contributed by atoms with van der Waals surface area (Å²) in [6, 6.07) is 9.82. The summed E-state index contributed by atoms with van der Waals surface area (Å²) in [7, 11) is 0. The second kappa shape index (κ2) is 6.30. The molecule has 27 heavy (non-hydrogen) atoms. The first-order valence-corrected chi connectivity index (χ1v) is 9.38. The predicted molar refractivity (Wildman–Crippen MR) is 100 cm³/mol. The van der Waals surface area contributed by atoms with Crippen LogP contribution in [0.25, 0.3) is 11.4 Å². The van der Waals surface area contributed by atoms with Crippen LogP contribution in [0.2, 0.25) is 0 Å². The molecule has 0 spiro atoms. The van der Waals surface area contributed by atoms with Gasteiger partial charge in [-0.1, -0.05) is 17.3 Å². The molecule has 2 aliphatic rings. The van der Waals surface area contributed by atoms with Crippen molar-refractivity contribution < 1.29 is 9.32 Å². The molecule has 1 aromatic carbocycles. The highest BCUT2D eigenvalue weighted by Crippen LogP contribution is 2.40. The number of nitrogens with zero attached hydrogens (tertiary/aromatic N) is 3. The van der Waals surface area contributed by atoms with E-state index in [1.807, 2.05) is 31.2 Å². The number of rotatable bonds is 4. The van der Waals surface area contributed by atoms with E-state index in [2.05, 4.69) is 26.5 Å². The molecule has 0 unspecified atom stereocenters. The van der Waals surface area contributed by atoms with Crippen LogP contribution in [-0.2, 0) is 11.2 Å². The topological polar surface area (TPSA) is 80.9 Å². The number of benzene rings is 1. The summed E-state index contributed by atoms with van der Waals surface area (Å²) >= 11 is 0. The van der Waals surface area contributed by atoms with Crippen molar-refractivity contribution in [3.63, 3.8) is 0 Å². The second-order valence-electron chi connectivity index (χ2n) is 7.41. The molecule has 2 aromatic heterocycles. The lowest BCUT2D eigenvalue weighted by molar-refractivity contribution is -0.117. The second-order valence-corrected chi connectivity index (χ2v) is 7.41. The first kappa shape index (κ1) is 16.2. The molecule has 136 valence electrons. The van der Waals surface area contributed by atoms with Crippen molar-refractivity contribution in [2.75, 3.05) is 5.32 Å². The Bertz CT molecular complexity index is 1020. The van der Waals surface area contributed by atoms with Crippen LogP contribution in [-0.4, -0.2) is 21.0 Å². The quantitative estimate of drug-likeness (QED) is 0.761. The summed E-state index contributed by atoms with van der Waals surface area (Å²) in [5.41, 5.74) is 4.91. The van der Waals surface area contributed by atoms with E-state index in [1.165, 1.54) is 5.56 Å². The smallest absolute Gasteiger partial charge is 0.231 e. The van der Waals surface area contributed by atoms with Crippen LogP contribution in [0.15, 0.2) is 41.1 Å². The van der Waals surface area contributed by atoms with Gasteiger partial charge in [0.1, 0.15) is 0 Å². The van der Waals surface area contributed by atoms with Crippen molar-refractivity contribution in [1.82, 2.24) is 15.1 Å². The van der Waals surface area contributed by atoms with E-state index in [4.69, 9.17) is 4.52 Å². The maximum atomic E-state index is 12.8. The number of nitrogens with one attached hydrogen (secondary N) is 1. The van der Waals surface area contributed by atoms with Gasteiger partial charge in [-0.15, -0.1) is 0 Å². The normalized spacial score (nSPS) is 18.3. The number of anilines is 1. The van der Waals surface area contributed by atoms with Crippen molar-refractivity contribution in [3.05, 3.63) is 59.2 Å². The molecule has 5 rings (SSSR count). The summed E-state index contributed by atoms with van der Waals surface area (Å²) in [6.45, 7) is 1.91. The molecule has 0 aliphatic heterocycles. The molecule has 2 heterocycles. The van der Waals surface area contributed by atoms with Gasteiger partial charge >= 0.3 is 0 Å². The Morgan fingerprint density at radius 3 is 2.89 bits per heavy atom. The standard InChI is InChI=1S/C21H20N4O2/c1-12-10-16(8-9-22-12)23-20(26)18-7-4-14-11-15(5-6-17(14)18)19-24-21(27-25-19)13-2-3-13/h5-6,8-11,13,18H,2-4,7H2,1H3,(H,22,23,26)/t18-/m1/s1. The minimum atomic E-state index is -0.130. The van der Waals surface area contributed by atoms with Gasteiger partial charge < -0.3 is 9.84 Å². The number of carbonyl (C=O) groups excluding carboxylic acids is 1. The zero-order valence-corrected chi connectivity index (χ0v) is 15.1. The molecule has 1 fully saturated rings. The fraction of sp³-hybridized carbons (Fsp3) is 0.333. The average Bonchev–Trinajstić information content (AvgIpc) is 3.24. The van der Waals surface area contributed by atoms with Crippen molar-refractivity contribution in [1.29, 1.82) is 0 Å². The molecular formula is C21H20N4O2. The maximum Gasteiger partial charge on any atom is 0.231 e. The van der Waals surface area contributed by atoms with Gasteiger partial charge in [0.15, 0.2) is 0 Å². The van der Waals surface area contributed by atoms with Gasteiger partial charge in [0.05, 0.1) is 5.92 Å². The lowest BCUT2D eigenvalue weighted by atomic mass is 9.98. The largest absolute Gasteiger partial charge is 0.339 e. The van der Waals surface area contributed by atoms with Crippen LogP contribution < -0.4 is 5.32 Å². The molecule has 0 saturated heterocycles. The highest BCUT2D eigenvalue weighted by atomic mass is 16.5. The summed E-state index contributed by atoms with van der Waals surface area (Å²) < 4.78 is 5.37. The molecule has 1 amide bonds. The summed E-state index contributed by atoms with van der Waals surface area (Å²) in [5.74, 6) is 1.73. The lowest BCUT2D eigenvalue weighted by Crippen LogP contribution is -2.19. The van der Waals surface area contributed by atoms with Crippen molar-refractivity contribution >= 4 is 11.6 Å². The monoisotopic (exact) mass is 360 g/mol. The van der Waals surface area contributed by atoms with E-state index in [0.717, 1.165) is 54.1 Å². The van der Waals surface area contributed by atoms with E-state index >= 15 is 0 Å². The molecule has 0 bridgehead atoms. The van der Waals surface area contributed by atoms with Crippen LogP contribution in [0.4, 0.5) is 5.69 Å². The Labute approximate surface area is 157 Å². The SMILES string of the molecule is Cc1cc(NC(=O)[C@@H]2CCc3cc(-c4noc(C5CC5)n4)ccc32)ccn1. The third kappa shape index (κ3) is 3.12. The van der Waals surface area contributed by atoms with Crippen molar-refractivity contribution in [3.8, 4) is 11.4 Å². The average molecular weight is 360 g/mol. The van der Waals surface area contributed by atoms with Crippen LogP contribution in [0.1, 0.15) is 53.8 Å². The van der Waals surface area contributed by atoms with Crippen LogP contribution >= 0.6 is 0 Å². The van der Waals surface area contributed by atoms with E-state index < -0.39 is 0 Å². The molecule has 0 radical (unpaired) electrons. The fourth-order valence-corrected chi connectivity index (χ4v) is 3.73. The summed E-state index contributed by atoms with van der Waals surface area (Å²) in [4.78, 5) is 21.4.